The molecule has 3 heteroatoms. The van der Waals surface area contributed by atoms with Crippen LogP contribution >= 0.6 is 22.6 Å². The predicted octanol–water partition coefficient (Wildman–Crippen LogP) is 4.73. The van der Waals surface area contributed by atoms with E-state index in [9.17, 15) is 0 Å². The van der Waals surface area contributed by atoms with Crippen LogP contribution in [0.25, 0.3) is 10.9 Å². The molecule has 100 valence electrons. The Labute approximate surface area is 131 Å². The van der Waals surface area contributed by atoms with Crippen LogP contribution in [0.4, 0.5) is 0 Å². The molecule has 3 aromatic rings. The van der Waals surface area contributed by atoms with Crippen molar-refractivity contribution in [1.82, 2.24) is 4.98 Å². The third-order valence-electron chi connectivity index (χ3n) is 3.15. The maximum Gasteiger partial charge on any atom is 0.133 e. The molecule has 2 nitrogen and oxygen atoms in total. The van der Waals surface area contributed by atoms with E-state index < -0.39 is 0 Å². The number of fused-ring (bicyclic) bond motifs is 1. The van der Waals surface area contributed by atoms with Gasteiger partial charge in [0, 0.05) is 16.6 Å². The quantitative estimate of drug-likeness (QED) is 0.618. The number of hydrogen-bond acceptors (Lipinski definition) is 2. The van der Waals surface area contributed by atoms with E-state index in [1.165, 1.54) is 5.56 Å². The number of pyridine rings is 1. The second-order valence-electron chi connectivity index (χ2n) is 4.66. The van der Waals surface area contributed by atoms with E-state index >= 15 is 0 Å². The largest absolute Gasteiger partial charge is 0.488 e. The number of rotatable bonds is 3. The zero-order valence-electron chi connectivity index (χ0n) is 11.1. The lowest BCUT2D eigenvalue weighted by Gasteiger charge is -2.11. The summed E-state index contributed by atoms with van der Waals surface area (Å²) in [6, 6.07) is 18.3. The minimum absolute atomic E-state index is 0.559. The molecule has 0 radical (unpaired) electrons. The number of aryl methyl sites for hydroxylation is 1. The molecule has 0 unspecified atom stereocenters. The summed E-state index contributed by atoms with van der Waals surface area (Å²) in [7, 11) is 0. The van der Waals surface area contributed by atoms with E-state index in [0.717, 1.165) is 25.9 Å². The van der Waals surface area contributed by atoms with Crippen molar-refractivity contribution in [2.75, 3.05) is 0 Å². The van der Waals surface area contributed by atoms with Crippen molar-refractivity contribution in [3.63, 3.8) is 0 Å². The van der Waals surface area contributed by atoms with Gasteiger partial charge in [-0.2, -0.15) is 0 Å². The van der Waals surface area contributed by atoms with E-state index in [2.05, 4.69) is 39.7 Å². The lowest BCUT2D eigenvalue weighted by atomic mass is 10.1. The first-order chi connectivity index (χ1) is 9.74. The molecule has 0 N–H and O–H groups in total. The molecule has 0 aliphatic rings. The Morgan fingerprint density at radius 2 is 1.80 bits per heavy atom. The summed E-state index contributed by atoms with van der Waals surface area (Å²) in [5, 5.41) is 1.16. The topological polar surface area (TPSA) is 22.1 Å². The van der Waals surface area contributed by atoms with Gasteiger partial charge in [-0.1, -0.05) is 30.3 Å². The number of nitrogens with zero attached hydrogens (tertiary/aromatic N) is 1. The second-order valence-corrected chi connectivity index (χ2v) is 5.82. The molecular formula is C17H14INO. The van der Waals surface area contributed by atoms with Crippen molar-refractivity contribution in [1.29, 1.82) is 0 Å². The average molecular weight is 375 g/mol. The lowest BCUT2D eigenvalue weighted by Crippen LogP contribution is -1.99. The molecule has 0 spiro atoms. The van der Waals surface area contributed by atoms with Crippen LogP contribution in [0, 0.1) is 10.5 Å². The number of ether oxygens (including phenoxy) is 1. The van der Waals surface area contributed by atoms with Crippen molar-refractivity contribution >= 4 is 33.5 Å². The summed E-state index contributed by atoms with van der Waals surface area (Å²) in [6.45, 7) is 2.58. The summed E-state index contributed by atoms with van der Waals surface area (Å²) in [6.07, 6.45) is 0. The van der Waals surface area contributed by atoms with Gasteiger partial charge in [-0.05, 0) is 53.8 Å². The first-order valence-electron chi connectivity index (χ1n) is 6.46. The number of halogens is 1. The van der Waals surface area contributed by atoms with Crippen molar-refractivity contribution in [2.45, 2.75) is 13.5 Å². The number of benzene rings is 2. The SMILES string of the molecule is Cc1cc(COc2ccccc2I)c2ccccc2n1. The molecule has 0 atom stereocenters. The Bertz CT molecular complexity index is 755. The third kappa shape index (κ3) is 2.77. The highest BCUT2D eigenvalue weighted by Gasteiger charge is 2.05. The van der Waals surface area contributed by atoms with Gasteiger partial charge in [-0.15, -0.1) is 0 Å². The first kappa shape index (κ1) is 13.4. The zero-order chi connectivity index (χ0) is 13.9. The van der Waals surface area contributed by atoms with Crippen molar-refractivity contribution in [3.05, 3.63) is 69.4 Å². The highest BCUT2D eigenvalue weighted by atomic mass is 127. The fraction of sp³-hybridized carbons (Fsp3) is 0.118. The Hall–Kier alpha value is -1.62. The van der Waals surface area contributed by atoms with Gasteiger partial charge in [0.2, 0.25) is 0 Å². The Kier molecular flexibility index (Phi) is 3.87. The molecule has 0 amide bonds. The monoisotopic (exact) mass is 375 g/mol. The lowest BCUT2D eigenvalue weighted by molar-refractivity contribution is 0.305. The molecule has 0 saturated carbocycles. The van der Waals surface area contributed by atoms with Crippen LogP contribution in [0.1, 0.15) is 11.3 Å². The average Bonchev–Trinajstić information content (AvgIpc) is 2.46. The fourth-order valence-electron chi connectivity index (χ4n) is 2.23. The molecule has 2 aromatic carbocycles. The van der Waals surface area contributed by atoms with E-state index in [1.807, 2.05) is 49.4 Å². The molecule has 0 aliphatic heterocycles. The zero-order valence-corrected chi connectivity index (χ0v) is 13.3. The molecule has 0 fully saturated rings. The Morgan fingerprint density at radius 1 is 1.05 bits per heavy atom. The minimum atomic E-state index is 0.559. The first-order valence-corrected chi connectivity index (χ1v) is 7.54. The number of hydrogen-bond donors (Lipinski definition) is 0. The Balaban J connectivity index is 1.93. The summed E-state index contributed by atoms with van der Waals surface area (Å²) >= 11 is 2.29. The summed E-state index contributed by atoms with van der Waals surface area (Å²) < 4.78 is 7.08. The minimum Gasteiger partial charge on any atom is -0.488 e. The fourth-order valence-corrected chi connectivity index (χ4v) is 2.77. The third-order valence-corrected chi connectivity index (χ3v) is 4.04. The van der Waals surface area contributed by atoms with Crippen molar-refractivity contribution < 1.29 is 4.74 Å². The van der Waals surface area contributed by atoms with Crippen LogP contribution in [0.2, 0.25) is 0 Å². The van der Waals surface area contributed by atoms with E-state index in [0.29, 0.717) is 6.61 Å². The molecule has 0 aliphatic carbocycles. The van der Waals surface area contributed by atoms with Gasteiger partial charge in [0.05, 0.1) is 9.09 Å². The molecular weight excluding hydrogens is 361 g/mol. The van der Waals surface area contributed by atoms with Gasteiger partial charge in [0.25, 0.3) is 0 Å². The van der Waals surface area contributed by atoms with Crippen LogP contribution in [-0.2, 0) is 6.61 Å². The smallest absolute Gasteiger partial charge is 0.133 e. The number of aromatic nitrogens is 1. The highest BCUT2D eigenvalue weighted by Crippen LogP contribution is 2.23. The van der Waals surface area contributed by atoms with Crippen LogP contribution in [0.15, 0.2) is 54.6 Å². The second kappa shape index (κ2) is 5.79. The molecule has 0 bridgehead atoms. The molecule has 1 heterocycles. The van der Waals surface area contributed by atoms with Gasteiger partial charge in [-0.3, -0.25) is 4.98 Å². The van der Waals surface area contributed by atoms with Crippen LogP contribution in [-0.4, -0.2) is 4.98 Å². The molecule has 0 saturated heterocycles. The standard InChI is InChI=1S/C17H14INO/c1-12-10-13(14-6-2-4-8-16(14)19-12)11-20-17-9-5-3-7-15(17)18/h2-10H,11H2,1H3. The molecule has 1 aromatic heterocycles. The van der Waals surface area contributed by atoms with Crippen LogP contribution in [0.3, 0.4) is 0 Å². The van der Waals surface area contributed by atoms with Gasteiger partial charge >= 0.3 is 0 Å². The van der Waals surface area contributed by atoms with Crippen LogP contribution < -0.4 is 4.74 Å². The molecule has 3 rings (SSSR count). The summed E-state index contributed by atoms with van der Waals surface area (Å²) in [5.74, 6) is 0.923. The predicted molar refractivity (Wildman–Crippen MR) is 90.0 cm³/mol. The van der Waals surface area contributed by atoms with Gasteiger partial charge < -0.3 is 4.74 Å². The van der Waals surface area contributed by atoms with Crippen molar-refractivity contribution in [3.8, 4) is 5.75 Å². The van der Waals surface area contributed by atoms with Crippen LogP contribution in [0.5, 0.6) is 5.75 Å². The van der Waals surface area contributed by atoms with Gasteiger partial charge in [0.1, 0.15) is 12.4 Å². The van der Waals surface area contributed by atoms with Gasteiger partial charge in [0.15, 0.2) is 0 Å². The maximum absolute atomic E-state index is 5.95. The van der Waals surface area contributed by atoms with Crippen molar-refractivity contribution in [2.24, 2.45) is 0 Å². The molecule has 20 heavy (non-hydrogen) atoms. The highest BCUT2D eigenvalue weighted by molar-refractivity contribution is 14.1. The maximum atomic E-state index is 5.95. The van der Waals surface area contributed by atoms with E-state index in [-0.39, 0.29) is 0 Å². The van der Waals surface area contributed by atoms with E-state index in [1.54, 1.807) is 0 Å². The van der Waals surface area contributed by atoms with Gasteiger partial charge in [-0.25, -0.2) is 0 Å². The normalized spacial score (nSPS) is 10.7. The number of para-hydroxylation sites is 2. The summed E-state index contributed by atoms with van der Waals surface area (Å²) in [4.78, 5) is 4.55. The van der Waals surface area contributed by atoms with E-state index in [4.69, 9.17) is 4.74 Å². The Morgan fingerprint density at radius 3 is 2.65 bits per heavy atom. The summed E-state index contributed by atoms with van der Waals surface area (Å²) in [5.41, 5.74) is 3.21.